The third-order valence-corrected chi connectivity index (χ3v) is 2.83. The van der Waals surface area contributed by atoms with Crippen LogP contribution < -0.4 is 5.32 Å². The van der Waals surface area contributed by atoms with Crippen LogP contribution in [0, 0.1) is 0 Å². The van der Waals surface area contributed by atoms with Crippen LogP contribution in [0.4, 0.5) is 5.82 Å². The fourth-order valence-corrected chi connectivity index (χ4v) is 1.85. The van der Waals surface area contributed by atoms with Crippen LogP contribution in [-0.2, 0) is 0 Å². The largest absolute Gasteiger partial charge is 0.362 e. The number of hydrogen-bond donors (Lipinski definition) is 1. The highest BCUT2D eigenvalue weighted by Gasteiger charge is 2.06. The molecule has 1 atom stereocenters. The van der Waals surface area contributed by atoms with E-state index in [1.807, 2.05) is 30.3 Å². The van der Waals surface area contributed by atoms with E-state index in [1.54, 1.807) is 10.8 Å². The zero-order chi connectivity index (χ0) is 12.4. The molecule has 1 N–H and O–H groups in total. The van der Waals surface area contributed by atoms with Crippen molar-refractivity contribution in [3.05, 3.63) is 54.4 Å². The van der Waals surface area contributed by atoms with Crippen molar-refractivity contribution < 1.29 is 0 Å². The lowest BCUT2D eigenvalue weighted by molar-refractivity contribution is 0.844. The fourth-order valence-electron chi connectivity index (χ4n) is 1.85. The molecule has 3 rings (SSSR count). The minimum absolute atomic E-state index is 0.202. The number of hydrogen-bond acceptors (Lipinski definition) is 4. The minimum Gasteiger partial charge on any atom is -0.362 e. The van der Waals surface area contributed by atoms with E-state index in [0.29, 0.717) is 0 Å². The number of benzene rings is 1. The highest BCUT2D eigenvalue weighted by molar-refractivity contribution is 5.44. The van der Waals surface area contributed by atoms with E-state index in [-0.39, 0.29) is 6.04 Å². The van der Waals surface area contributed by atoms with Gasteiger partial charge < -0.3 is 5.32 Å². The average Bonchev–Trinajstić information content (AvgIpc) is 2.87. The van der Waals surface area contributed by atoms with Crippen LogP contribution in [-0.4, -0.2) is 19.8 Å². The van der Waals surface area contributed by atoms with Gasteiger partial charge in [-0.1, -0.05) is 30.3 Å². The first kappa shape index (κ1) is 10.7. The summed E-state index contributed by atoms with van der Waals surface area (Å²) in [6.45, 7) is 2.10. The van der Waals surface area contributed by atoms with Gasteiger partial charge in [-0.25, -0.2) is 0 Å². The van der Waals surface area contributed by atoms with Gasteiger partial charge in [-0.2, -0.15) is 4.52 Å². The van der Waals surface area contributed by atoms with Gasteiger partial charge in [-0.05, 0) is 24.6 Å². The summed E-state index contributed by atoms with van der Waals surface area (Å²) in [6, 6.07) is 14.3. The summed E-state index contributed by atoms with van der Waals surface area (Å²) in [7, 11) is 0. The maximum Gasteiger partial charge on any atom is 0.177 e. The number of rotatable bonds is 3. The predicted molar refractivity (Wildman–Crippen MR) is 69.3 cm³/mol. The molecule has 0 saturated carbocycles. The standard InChI is InChI=1S/C13H13N5/c1-10(11-5-3-2-4-6-11)15-12-7-8-13-16-14-9-18(13)17-12/h2-10H,1H3,(H,15,17)/t10-/m0/s1. The van der Waals surface area contributed by atoms with Gasteiger partial charge in [0, 0.05) is 6.04 Å². The Morgan fingerprint density at radius 1 is 1.11 bits per heavy atom. The molecule has 2 aromatic heterocycles. The summed E-state index contributed by atoms with van der Waals surface area (Å²) in [6.07, 6.45) is 1.59. The van der Waals surface area contributed by atoms with Gasteiger partial charge in [-0.3, -0.25) is 0 Å². The summed E-state index contributed by atoms with van der Waals surface area (Å²) < 4.78 is 1.65. The third kappa shape index (κ3) is 2.02. The van der Waals surface area contributed by atoms with Gasteiger partial charge in [0.1, 0.15) is 12.1 Å². The Morgan fingerprint density at radius 2 is 1.94 bits per heavy atom. The van der Waals surface area contributed by atoms with Crippen molar-refractivity contribution in [2.45, 2.75) is 13.0 Å². The average molecular weight is 239 g/mol. The monoisotopic (exact) mass is 239 g/mol. The van der Waals surface area contributed by atoms with Gasteiger partial charge in [0.15, 0.2) is 5.65 Å². The second-order valence-electron chi connectivity index (χ2n) is 4.13. The Hall–Kier alpha value is -2.43. The lowest BCUT2D eigenvalue weighted by atomic mass is 10.1. The molecule has 90 valence electrons. The number of nitrogens with one attached hydrogen (secondary N) is 1. The quantitative estimate of drug-likeness (QED) is 0.762. The number of fused-ring (bicyclic) bond motifs is 1. The number of aromatic nitrogens is 4. The molecule has 0 spiro atoms. The van der Waals surface area contributed by atoms with Crippen LogP contribution in [0.2, 0.25) is 0 Å². The molecule has 2 heterocycles. The molecule has 18 heavy (non-hydrogen) atoms. The molecule has 0 amide bonds. The lowest BCUT2D eigenvalue weighted by Crippen LogP contribution is -2.09. The van der Waals surface area contributed by atoms with E-state index >= 15 is 0 Å². The summed E-state index contributed by atoms with van der Waals surface area (Å²) in [5, 5.41) is 15.5. The third-order valence-electron chi connectivity index (χ3n) is 2.83. The highest BCUT2D eigenvalue weighted by Crippen LogP contribution is 2.17. The Morgan fingerprint density at radius 3 is 2.78 bits per heavy atom. The summed E-state index contributed by atoms with van der Waals surface area (Å²) >= 11 is 0. The van der Waals surface area contributed by atoms with Crippen LogP contribution in [0.3, 0.4) is 0 Å². The fraction of sp³-hybridized carbons (Fsp3) is 0.154. The van der Waals surface area contributed by atoms with Crippen molar-refractivity contribution in [2.75, 3.05) is 5.32 Å². The van der Waals surface area contributed by atoms with Crippen molar-refractivity contribution in [1.29, 1.82) is 0 Å². The minimum atomic E-state index is 0.202. The van der Waals surface area contributed by atoms with E-state index in [1.165, 1.54) is 5.56 Å². The SMILES string of the molecule is C[C@H](Nc1ccc2nncn2n1)c1ccccc1. The lowest BCUT2D eigenvalue weighted by Gasteiger charge is -2.14. The zero-order valence-electron chi connectivity index (χ0n) is 9.99. The maximum absolute atomic E-state index is 4.38. The molecule has 1 aromatic carbocycles. The van der Waals surface area contributed by atoms with E-state index < -0.39 is 0 Å². The van der Waals surface area contributed by atoms with Gasteiger partial charge in [0.25, 0.3) is 0 Å². The molecule has 0 aliphatic carbocycles. The van der Waals surface area contributed by atoms with Crippen LogP contribution in [0.1, 0.15) is 18.5 Å². The highest BCUT2D eigenvalue weighted by atomic mass is 15.4. The normalized spacial score (nSPS) is 12.5. The van der Waals surface area contributed by atoms with Gasteiger partial charge in [-0.15, -0.1) is 15.3 Å². The van der Waals surface area contributed by atoms with E-state index in [4.69, 9.17) is 0 Å². The molecule has 0 fully saturated rings. The molecule has 3 aromatic rings. The zero-order valence-corrected chi connectivity index (χ0v) is 9.99. The molecule has 0 aliphatic rings. The number of anilines is 1. The Labute approximate surface area is 104 Å². The van der Waals surface area contributed by atoms with Crippen LogP contribution >= 0.6 is 0 Å². The molecular formula is C13H13N5. The van der Waals surface area contributed by atoms with E-state index in [0.717, 1.165) is 11.5 Å². The van der Waals surface area contributed by atoms with Crippen molar-refractivity contribution >= 4 is 11.5 Å². The van der Waals surface area contributed by atoms with E-state index in [9.17, 15) is 0 Å². The first-order valence-corrected chi connectivity index (χ1v) is 5.81. The summed E-state index contributed by atoms with van der Waals surface area (Å²) in [5.41, 5.74) is 1.97. The van der Waals surface area contributed by atoms with Crippen molar-refractivity contribution in [3.8, 4) is 0 Å². The molecule has 0 aliphatic heterocycles. The molecule has 0 bridgehead atoms. The molecule has 0 saturated heterocycles. The van der Waals surface area contributed by atoms with Gasteiger partial charge in [0.2, 0.25) is 0 Å². The topological polar surface area (TPSA) is 55.1 Å². The molecule has 0 unspecified atom stereocenters. The van der Waals surface area contributed by atoms with Crippen molar-refractivity contribution in [3.63, 3.8) is 0 Å². The Balaban J connectivity index is 1.83. The van der Waals surface area contributed by atoms with Crippen LogP contribution in [0.5, 0.6) is 0 Å². The summed E-state index contributed by atoms with van der Waals surface area (Å²) in [5.74, 6) is 0.804. The first-order valence-electron chi connectivity index (χ1n) is 5.81. The van der Waals surface area contributed by atoms with Gasteiger partial charge >= 0.3 is 0 Å². The second-order valence-corrected chi connectivity index (χ2v) is 4.13. The Kier molecular flexibility index (Phi) is 2.64. The smallest absolute Gasteiger partial charge is 0.177 e. The van der Waals surface area contributed by atoms with Crippen molar-refractivity contribution in [1.82, 2.24) is 19.8 Å². The van der Waals surface area contributed by atoms with Crippen LogP contribution in [0.15, 0.2) is 48.8 Å². The van der Waals surface area contributed by atoms with E-state index in [2.05, 4.69) is 39.7 Å². The molecule has 5 nitrogen and oxygen atoms in total. The number of nitrogens with zero attached hydrogens (tertiary/aromatic N) is 4. The Bertz CT molecular complexity index is 647. The van der Waals surface area contributed by atoms with Gasteiger partial charge in [0.05, 0.1) is 0 Å². The molecular weight excluding hydrogens is 226 g/mol. The van der Waals surface area contributed by atoms with Crippen LogP contribution in [0.25, 0.3) is 5.65 Å². The maximum atomic E-state index is 4.38. The molecule has 0 radical (unpaired) electrons. The first-order chi connectivity index (χ1) is 8.83. The second kappa shape index (κ2) is 4.44. The predicted octanol–water partition coefficient (Wildman–Crippen LogP) is 2.30. The van der Waals surface area contributed by atoms with Crippen molar-refractivity contribution in [2.24, 2.45) is 0 Å². The molecule has 5 heteroatoms. The summed E-state index contributed by atoms with van der Waals surface area (Å²) in [4.78, 5) is 0.